The van der Waals surface area contributed by atoms with Crippen LogP contribution in [0.4, 0.5) is 5.95 Å². The molecule has 20 heavy (non-hydrogen) atoms. The van der Waals surface area contributed by atoms with Gasteiger partial charge in [0.25, 0.3) is 0 Å². The molecule has 1 aromatic rings. The molecule has 0 spiro atoms. The molecule has 0 bridgehead atoms. The first-order valence-electron chi connectivity index (χ1n) is 7.13. The minimum Gasteiger partial charge on any atom is -0.464 e. The van der Waals surface area contributed by atoms with Crippen molar-refractivity contribution in [3.63, 3.8) is 0 Å². The molecule has 1 saturated heterocycles. The van der Waals surface area contributed by atoms with Gasteiger partial charge >= 0.3 is 6.01 Å². The molecule has 6 nitrogen and oxygen atoms in total. The highest BCUT2D eigenvalue weighted by Gasteiger charge is 2.23. The predicted molar refractivity (Wildman–Crippen MR) is 77.5 cm³/mol. The fourth-order valence-corrected chi connectivity index (χ4v) is 2.35. The zero-order valence-corrected chi connectivity index (χ0v) is 12.8. The van der Waals surface area contributed by atoms with Gasteiger partial charge in [-0.3, -0.25) is 0 Å². The lowest BCUT2D eigenvalue weighted by Crippen LogP contribution is -2.40. The van der Waals surface area contributed by atoms with Crippen LogP contribution in [-0.2, 0) is 4.74 Å². The third-order valence-electron chi connectivity index (χ3n) is 3.07. The van der Waals surface area contributed by atoms with E-state index < -0.39 is 0 Å². The van der Waals surface area contributed by atoms with E-state index in [9.17, 15) is 0 Å². The molecule has 0 aliphatic carbocycles. The topological polar surface area (TPSA) is 60.4 Å². The van der Waals surface area contributed by atoms with Gasteiger partial charge in [0.15, 0.2) is 0 Å². The molecule has 1 aliphatic heterocycles. The zero-order valence-electron chi connectivity index (χ0n) is 12.0. The highest BCUT2D eigenvalue weighted by atomic mass is 35.5. The minimum atomic E-state index is 0.162. The van der Waals surface area contributed by atoms with Crippen molar-refractivity contribution >= 4 is 17.5 Å². The molecule has 7 heteroatoms. The van der Waals surface area contributed by atoms with E-state index >= 15 is 0 Å². The van der Waals surface area contributed by atoms with Crippen molar-refractivity contribution in [1.82, 2.24) is 15.0 Å². The van der Waals surface area contributed by atoms with Crippen LogP contribution < -0.4 is 9.64 Å². The lowest BCUT2D eigenvalue weighted by atomic mass is 10.1. The Balaban J connectivity index is 2.05. The molecular weight excluding hydrogens is 280 g/mol. The van der Waals surface area contributed by atoms with Gasteiger partial charge in [-0.2, -0.15) is 15.0 Å². The highest BCUT2D eigenvalue weighted by Crippen LogP contribution is 2.21. The molecule has 0 amide bonds. The van der Waals surface area contributed by atoms with Crippen molar-refractivity contribution in [3.8, 4) is 6.01 Å². The third-order valence-corrected chi connectivity index (χ3v) is 3.24. The summed E-state index contributed by atoms with van der Waals surface area (Å²) in [5, 5.41) is 0.162. The van der Waals surface area contributed by atoms with Gasteiger partial charge in [0, 0.05) is 19.7 Å². The fourth-order valence-electron chi connectivity index (χ4n) is 2.20. The van der Waals surface area contributed by atoms with Crippen molar-refractivity contribution in [2.45, 2.75) is 39.2 Å². The van der Waals surface area contributed by atoms with Gasteiger partial charge in [0.1, 0.15) is 0 Å². The van der Waals surface area contributed by atoms with Crippen LogP contribution in [0.3, 0.4) is 0 Å². The normalized spacial score (nSPS) is 19.1. The minimum absolute atomic E-state index is 0.162. The summed E-state index contributed by atoms with van der Waals surface area (Å²) < 4.78 is 11.1. The summed E-state index contributed by atoms with van der Waals surface area (Å²) in [6.45, 7) is 6.97. The van der Waals surface area contributed by atoms with Gasteiger partial charge in [-0.1, -0.05) is 6.92 Å². The number of ether oxygens (including phenoxy) is 2. The molecule has 1 aliphatic rings. The summed E-state index contributed by atoms with van der Waals surface area (Å²) in [7, 11) is 0. The molecule has 112 valence electrons. The van der Waals surface area contributed by atoms with Gasteiger partial charge < -0.3 is 14.4 Å². The number of hydrogen-bond donors (Lipinski definition) is 0. The maximum atomic E-state index is 5.92. The molecule has 0 aromatic carbocycles. The van der Waals surface area contributed by atoms with Gasteiger partial charge in [0.05, 0.1) is 12.7 Å². The Hall–Kier alpha value is -1.14. The Morgan fingerprint density at radius 3 is 2.90 bits per heavy atom. The van der Waals surface area contributed by atoms with Crippen LogP contribution in [0.2, 0.25) is 5.28 Å². The van der Waals surface area contributed by atoms with Crippen LogP contribution in [0.15, 0.2) is 0 Å². The Bertz CT molecular complexity index is 433. The van der Waals surface area contributed by atoms with Crippen LogP contribution in [0.1, 0.15) is 33.1 Å². The van der Waals surface area contributed by atoms with E-state index in [4.69, 9.17) is 21.1 Å². The van der Waals surface area contributed by atoms with Crippen molar-refractivity contribution in [3.05, 3.63) is 5.28 Å². The second-order valence-corrected chi connectivity index (χ2v) is 5.04. The molecule has 2 heterocycles. The van der Waals surface area contributed by atoms with Crippen molar-refractivity contribution < 1.29 is 9.47 Å². The number of nitrogens with zero attached hydrogens (tertiary/aromatic N) is 4. The van der Waals surface area contributed by atoms with Gasteiger partial charge in [-0.25, -0.2) is 0 Å². The molecule has 1 unspecified atom stereocenters. The fraction of sp³-hybridized carbons (Fsp3) is 0.769. The number of halogens is 1. The summed E-state index contributed by atoms with van der Waals surface area (Å²) in [5.74, 6) is 0.568. The molecule has 1 aromatic heterocycles. The maximum absolute atomic E-state index is 5.92. The quantitative estimate of drug-likeness (QED) is 0.803. The van der Waals surface area contributed by atoms with Crippen molar-refractivity contribution in [2.75, 3.05) is 31.2 Å². The second-order valence-electron chi connectivity index (χ2n) is 4.70. The van der Waals surface area contributed by atoms with Crippen LogP contribution in [0.25, 0.3) is 0 Å². The van der Waals surface area contributed by atoms with Crippen LogP contribution in [0, 0.1) is 0 Å². The third kappa shape index (κ3) is 4.18. The summed E-state index contributed by atoms with van der Waals surface area (Å²) in [6, 6.07) is 0.277. The number of aromatic nitrogens is 3. The van der Waals surface area contributed by atoms with Crippen molar-refractivity contribution in [1.29, 1.82) is 0 Å². The van der Waals surface area contributed by atoms with E-state index in [0.29, 0.717) is 12.6 Å². The van der Waals surface area contributed by atoms with Crippen LogP contribution in [0.5, 0.6) is 6.01 Å². The van der Waals surface area contributed by atoms with Crippen LogP contribution >= 0.6 is 11.6 Å². The van der Waals surface area contributed by atoms with E-state index in [1.807, 2.05) is 6.92 Å². The summed E-state index contributed by atoms with van der Waals surface area (Å²) in [6.07, 6.45) is 3.40. The summed E-state index contributed by atoms with van der Waals surface area (Å²) in [4.78, 5) is 14.5. The lowest BCUT2D eigenvalue weighted by Gasteiger charge is -2.32. The largest absolute Gasteiger partial charge is 0.464 e. The standard InChI is InChI=1S/C13H21ClN4O2/c1-3-8-20-10-6-5-7-18(9-10)12-15-11(14)16-13(17-12)19-4-2/h10H,3-9H2,1-2H3. The van der Waals surface area contributed by atoms with E-state index in [-0.39, 0.29) is 17.4 Å². The first-order valence-corrected chi connectivity index (χ1v) is 7.51. The molecule has 1 fully saturated rings. The molecular formula is C13H21ClN4O2. The summed E-state index contributed by atoms with van der Waals surface area (Å²) in [5.41, 5.74) is 0. The van der Waals surface area contributed by atoms with E-state index in [2.05, 4.69) is 26.8 Å². The monoisotopic (exact) mass is 300 g/mol. The lowest BCUT2D eigenvalue weighted by molar-refractivity contribution is 0.0437. The number of anilines is 1. The zero-order chi connectivity index (χ0) is 14.4. The molecule has 0 N–H and O–H groups in total. The second kappa shape index (κ2) is 7.59. The number of hydrogen-bond acceptors (Lipinski definition) is 6. The van der Waals surface area contributed by atoms with Gasteiger partial charge in [0.2, 0.25) is 11.2 Å². The van der Waals surface area contributed by atoms with E-state index in [0.717, 1.165) is 39.0 Å². The van der Waals surface area contributed by atoms with Crippen LogP contribution in [-0.4, -0.2) is 47.4 Å². The van der Waals surface area contributed by atoms with E-state index in [1.54, 1.807) is 0 Å². The molecule has 1 atom stereocenters. The maximum Gasteiger partial charge on any atom is 0.322 e. The predicted octanol–water partition coefficient (Wildman–Crippen LogP) is 2.32. The smallest absolute Gasteiger partial charge is 0.322 e. The highest BCUT2D eigenvalue weighted by molar-refractivity contribution is 6.28. The number of rotatable bonds is 6. The first kappa shape index (κ1) is 15.3. The van der Waals surface area contributed by atoms with Gasteiger partial charge in [-0.05, 0) is 37.8 Å². The van der Waals surface area contributed by atoms with Gasteiger partial charge in [-0.15, -0.1) is 0 Å². The molecule has 0 radical (unpaired) electrons. The Morgan fingerprint density at radius 2 is 2.15 bits per heavy atom. The number of piperidine rings is 1. The average Bonchev–Trinajstić information content (AvgIpc) is 2.45. The Labute approximate surface area is 124 Å². The molecule has 2 rings (SSSR count). The van der Waals surface area contributed by atoms with Crippen molar-refractivity contribution in [2.24, 2.45) is 0 Å². The Kier molecular flexibility index (Phi) is 5.79. The summed E-state index contributed by atoms with van der Waals surface area (Å²) >= 11 is 5.92. The van der Waals surface area contributed by atoms with E-state index in [1.165, 1.54) is 0 Å². The Morgan fingerprint density at radius 1 is 1.30 bits per heavy atom. The first-order chi connectivity index (χ1) is 9.72. The molecule has 0 saturated carbocycles. The average molecular weight is 301 g/mol. The SMILES string of the molecule is CCCOC1CCCN(c2nc(Cl)nc(OCC)n2)C1.